The normalized spacial score (nSPS) is 15.0. The maximum absolute atomic E-state index is 12.6. The van der Waals surface area contributed by atoms with Crippen molar-refractivity contribution in [1.29, 1.82) is 0 Å². The second-order valence-electron chi connectivity index (χ2n) is 8.08. The van der Waals surface area contributed by atoms with Crippen molar-refractivity contribution in [2.45, 2.75) is 19.3 Å². The molecule has 0 spiro atoms. The lowest BCUT2D eigenvalue weighted by molar-refractivity contribution is -0.130. The van der Waals surface area contributed by atoms with Crippen molar-refractivity contribution in [2.24, 2.45) is 5.92 Å². The number of anilines is 1. The fraction of sp³-hybridized carbons (Fsp3) is 0.360. The maximum Gasteiger partial charge on any atom is 0.246 e. The average molecular weight is 406 g/mol. The highest BCUT2D eigenvalue weighted by molar-refractivity contribution is 5.94. The van der Waals surface area contributed by atoms with Crippen molar-refractivity contribution in [3.8, 4) is 0 Å². The van der Waals surface area contributed by atoms with E-state index >= 15 is 0 Å². The van der Waals surface area contributed by atoms with Gasteiger partial charge in [-0.05, 0) is 62.7 Å². The molecule has 0 atom stereocenters. The molecule has 1 saturated heterocycles. The molecule has 0 aliphatic carbocycles. The molecule has 0 saturated carbocycles. The number of rotatable bonds is 7. The van der Waals surface area contributed by atoms with Gasteiger partial charge >= 0.3 is 0 Å². The Labute approximate surface area is 179 Å². The summed E-state index contributed by atoms with van der Waals surface area (Å²) in [6, 6.07) is 17.9. The van der Waals surface area contributed by atoms with Crippen molar-refractivity contribution in [3.05, 3.63) is 71.8 Å². The molecular weight excluding hydrogens is 374 g/mol. The van der Waals surface area contributed by atoms with Crippen LogP contribution < -0.4 is 5.32 Å². The van der Waals surface area contributed by atoms with Gasteiger partial charge in [0.05, 0.1) is 0 Å². The van der Waals surface area contributed by atoms with Gasteiger partial charge in [-0.15, -0.1) is 0 Å². The first-order valence-corrected chi connectivity index (χ1v) is 10.6. The van der Waals surface area contributed by atoms with Gasteiger partial charge in [0.25, 0.3) is 0 Å². The predicted molar refractivity (Wildman–Crippen MR) is 122 cm³/mol. The van der Waals surface area contributed by atoms with E-state index in [-0.39, 0.29) is 17.7 Å². The van der Waals surface area contributed by atoms with Crippen molar-refractivity contribution in [1.82, 2.24) is 9.80 Å². The standard InChI is InChI=1S/C25H31N3O2/c1-27(2)17-14-21-8-11-23(12-9-21)26-25(30)22-15-18-28(19-16-22)24(29)13-10-20-6-4-3-5-7-20/h3-13,22H,14-19H2,1-2H3,(H,26,30)/b13-10+. The highest BCUT2D eigenvalue weighted by Gasteiger charge is 2.26. The molecule has 1 N–H and O–H groups in total. The number of carbonyl (C=O) groups is 2. The first-order chi connectivity index (χ1) is 14.5. The molecule has 0 aromatic heterocycles. The third-order valence-electron chi connectivity index (χ3n) is 5.46. The van der Waals surface area contributed by atoms with Crippen LogP contribution in [-0.4, -0.2) is 55.3 Å². The second-order valence-corrected chi connectivity index (χ2v) is 8.08. The van der Waals surface area contributed by atoms with E-state index in [0.29, 0.717) is 25.9 Å². The number of hydrogen-bond acceptors (Lipinski definition) is 3. The quantitative estimate of drug-likeness (QED) is 0.715. The van der Waals surface area contributed by atoms with Gasteiger partial charge in [0.2, 0.25) is 11.8 Å². The Morgan fingerprint density at radius 2 is 1.70 bits per heavy atom. The Bertz CT molecular complexity index is 852. The van der Waals surface area contributed by atoms with Gasteiger partial charge in [0.15, 0.2) is 0 Å². The summed E-state index contributed by atoms with van der Waals surface area (Å²) in [6.07, 6.45) is 5.83. The number of likely N-dealkylation sites (N-methyl/N-ethyl adjacent to an activating group) is 1. The third kappa shape index (κ3) is 6.56. The molecule has 3 rings (SSSR count). The smallest absolute Gasteiger partial charge is 0.246 e. The monoisotopic (exact) mass is 405 g/mol. The molecule has 5 heteroatoms. The first-order valence-electron chi connectivity index (χ1n) is 10.6. The van der Waals surface area contributed by atoms with E-state index in [2.05, 4.69) is 36.4 Å². The Balaban J connectivity index is 1.44. The minimum absolute atomic E-state index is 0.00558. The number of nitrogens with one attached hydrogen (secondary N) is 1. The minimum Gasteiger partial charge on any atom is -0.339 e. The molecular formula is C25H31N3O2. The van der Waals surface area contributed by atoms with E-state index in [9.17, 15) is 9.59 Å². The molecule has 0 radical (unpaired) electrons. The fourth-order valence-corrected chi connectivity index (χ4v) is 3.55. The number of piperidine rings is 1. The van der Waals surface area contributed by atoms with E-state index in [1.165, 1.54) is 5.56 Å². The van der Waals surface area contributed by atoms with Crippen LogP contribution in [0, 0.1) is 5.92 Å². The van der Waals surface area contributed by atoms with Crippen LogP contribution in [-0.2, 0) is 16.0 Å². The van der Waals surface area contributed by atoms with E-state index in [1.807, 2.05) is 53.4 Å². The average Bonchev–Trinajstić information content (AvgIpc) is 2.77. The van der Waals surface area contributed by atoms with Gasteiger partial charge in [-0.2, -0.15) is 0 Å². The summed E-state index contributed by atoms with van der Waals surface area (Å²) in [4.78, 5) is 29.0. The molecule has 2 aromatic carbocycles. The molecule has 5 nitrogen and oxygen atoms in total. The summed E-state index contributed by atoms with van der Waals surface area (Å²) in [7, 11) is 4.13. The van der Waals surface area contributed by atoms with Gasteiger partial charge in [0, 0.05) is 37.3 Å². The topological polar surface area (TPSA) is 52.7 Å². The van der Waals surface area contributed by atoms with Gasteiger partial charge in [-0.1, -0.05) is 42.5 Å². The number of carbonyl (C=O) groups excluding carboxylic acids is 2. The Morgan fingerprint density at radius 1 is 1.03 bits per heavy atom. The zero-order chi connectivity index (χ0) is 21.3. The Kier molecular flexibility index (Phi) is 7.80. The van der Waals surface area contributed by atoms with Crippen LogP contribution in [0.5, 0.6) is 0 Å². The molecule has 30 heavy (non-hydrogen) atoms. The number of likely N-dealkylation sites (tertiary alicyclic amines) is 1. The SMILES string of the molecule is CN(C)CCc1ccc(NC(=O)C2CCN(C(=O)/C=C/c3ccccc3)CC2)cc1. The molecule has 2 amide bonds. The van der Waals surface area contributed by atoms with Gasteiger partial charge in [-0.25, -0.2) is 0 Å². The van der Waals surface area contributed by atoms with E-state index in [1.54, 1.807) is 6.08 Å². The molecule has 0 unspecified atom stereocenters. The Morgan fingerprint density at radius 3 is 2.33 bits per heavy atom. The van der Waals surface area contributed by atoms with Crippen LogP contribution in [0.25, 0.3) is 6.08 Å². The fourth-order valence-electron chi connectivity index (χ4n) is 3.55. The molecule has 2 aromatic rings. The van der Waals surface area contributed by atoms with Gasteiger partial charge in [-0.3, -0.25) is 9.59 Å². The van der Waals surface area contributed by atoms with Crippen molar-refractivity contribution >= 4 is 23.6 Å². The number of amides is 2. The van der Waals surface area contributed by atoms with E-state index in [4.69, 9.17) is 0 Å². The first kappa shape index (κ1) is 21.8. The zero-order valence-corrected chi connectivity index (χ0v) is 17.9. The van der Waals surface area contributed by atoms with Crippen molar-refractivity contribution in [3.63, 3.8) is 0 Å². The van der Waals surface area contributed by atoms with E-state index in [0.717, 1.165) is 24.2 Å². The zero-order valence-electron chi connectivity index (χ0n) is 17.9. The number of hydrogen-bond donors (Lipinski definition) is 1. The van der Waals surface area contributed by atoms with Crippen LogP contribution in [0.4, 0.5) is 5.69 Å². The summed E-state index contributed by atoms with van der Waals surface area (Å²) in [6.45, 7) is 2.22. The van der Waals surface area contributed by atoms with Crippen molar-refractivity contribution in [2.75, 3.05) is 39.0 Å². The lowest BCUT2D eigenvalue weighted by atomic mass is 9.95. The maximum atomic E-state index is 12.6. The predicted octanol–water partition coefficient (Wildman–Crippen LogP) is 3.68. The summed E-state index contributed by atoms with van der Waals surface area (Å²) in [5.74, 6) is -0.00503. The molecule has 1 heterocycles. The number of benzene rings is 2. The summed E-state index contributed by atoms with van der Waals surface area (Å²) >= 11 is 0. The highest BCUT2D eigenvalue weighted by atomic mass is 16.2. The molecule has 1 fully saturated rings. The lowest BCUT2D eigenvalue weighted by Crippen LogP contribution is -2.40. The summed E-state index contributed by atoms with van der Waals surface area (Å²) in [5.41, 5.74) is 3.10. The lowest BCUT2D eigenvalue weighted by Gasteiger charge is -2.30. The number of nitrogens with zero attached hydrogens (tertiary/aromatic N) is 2. The van der Waals surface area contributed by atoms with Gasteiger partial charge < -0.3 is 15.1 Å². The van der Waals surface area contributed by atoms with Gasteiger partial charge in [0.1, 0.15) is 0 Å². The van der Waals surface area contributed by atoms with Crippen LogP contribution in [0.1, 0.15) is 24.0 Å². The van der Waals surface area contributed by atoms with Crippen LogP contribution >= 0.6 is 0 Å². The minimum atomic E-state index is -0.0550. The van der Waals surface area contributed by atoms with Crippen LogP contribution in [0.2, 0.25) is 0 Å². The highest BCUT2D eigenvalue weighted by Crippen LogP contribution is 2.20. The molecule has 0 bridgehead atoms. The molecule has 1 aliphatic heterocycles. The van der Waals surface area contributed by atoms with E-state index < -0.39 is 0 Å². The molecule has 1 aliphatic rings. The largest absolute Gasteiger partial charge is 0.339 e. The molecule has 158 valence electrons. The van der Waals surface area contributed by atoms with Crippen LogP contribution in [0.15, 0.2) is 60.7 Å². The summed E-state index contributed by atoms with van der Waals surface area (Å²) < 4.78 is 0. The second kappa shape index (κ2) is 10.7. The third-order valence-corrected chi connectivity index (χ3v) is 5.46. The summed E-state index contributed by atoms with van der Waals surface area (Å²) in [5, 5.41) is 3.03. The Hall–Kier alpha value is -2.92. The van der Waals surface area contributed by atoms with Crippen LogP contribution in [0.3, 0.4) is 0 Å². The van der Waals surface area contributed by atoms with Crippen molar-refractivity contribution < 1.29 is 9.59 Å².